The largest absolute Gasteiger partial charge is 0.481 e. The van der Waals surface area contributed by atoms with Gasteiger partial charge in [0.25, 0.3) is 0 Å². The molecule has 3 heterocycles. The van der Waals surface area contributed by atoms with Crippen molar-refractivity contribution >= 4 is 28.6 Å². The van der Waals surface area contributed by atoms with Crippen LogP contribution in [0.3, 0.4) is 0 Å². The number of pyridine rings is 1. The lowest BCUT2D eigenvalue weighted by Crippen LogP contribution is -1.96. The number of carbonyl (C=O) groups is 1. The number of carboxylic acids is 1. The monoisotopic (exact) mass is 320 g/mol. The van der Waals surface area contributed by atoms with Crippen LogP contribution in [-0.4, -0.2) is 21.0 Å². The first kappa shape index (κ1) is 13.8. The van der Waals surface area contributed by atoms with Gasteiger partial charge in [-0.25, -0.2) is 9.37 Å². The van der Waals surface area contributed by atoms with Crippen molar-refractivity contribution in [3.8, 4) is 21.3 Å². The van der Waals surface area contributed by atoms with E-state index in [0.29, 0.717) is 10.7 Å². The highest BCUT2D eigenvalue weighted by molar-refractivity contribution is 7.16. The molecule has 0 bridgehead atoms. The zero-order chi connectivity index (χ0) is 14.8. The second kappa shape index (κ2) is 5.71. The smallest absolute Gasteiger partial charge is 0.308 e. The molecule has 3 rings (SSSR count). The average Bonchev–Trinajstić information content (AvgIpc) is 3.07. The highest BCUT2D eigenvalue weighted by Crippen LogP contribution is 2.32. The molecule has 0 aliphatic carbocycles. The van der Waals surface area contributed by atoms with Crippen molar-refractivity contribution in [2.24, 2.45) is 0 Å². The van der Waals surface area contributed by atoms with Gasteiger partial charge in [-0.2, -0.15) is 0 Å². The van der Waals surface area contributed by atoms with E-state index in [1.165, 1.54) is 28.7 Å². The molecule has 4 nitrogen and oxygen atoms in total. The number of halogens is 1. The maximum absolute atomic E-state index is 12.9. The maximum atomic E-state index is 12.9. The van der Waals surface area contributed by atoms with Crippen LogP contribution in [0.25, 0.3) is 21.3 Å². The fraction of sp³-hybridized carbons (Fsp3) is 0.0714. The summed E-state index contributed by atoms with van der Waals surface area (Å²) >= 11 is 2.83. The standard InChI is InChI=1S/C14H9FN2O2S2/c15-8-1-3-10(16-6-8)14-17-11(7-20-14)12-4-2-9(21-12)5-13(18)19/h1-4,6-7H,5H2,(H,18,19). The van der Waals surface area contributed by atoms with Crippen molar-refractivity contribution in [1.29, 1.82) is 0 Å². The van der Waals surface area contributed by atoms with Crippen molar-refractivity contribution in [2.45, 2.75) is 6.42 Å². The van der Waals surface area contributed by atoms with Crippen LogP contribution in [0.5, 0.6) is 0 Å². The minimum Gasteiger partial charge on any atom is -0.481 e. The van der Waals surface area contributed by atoms with Gasteiger partial charge in [0.1, 0.15) is 10.8 Å². The first-order chi connectivity index (χ1) is 10.1. The van der Waals surface area contributed by atoms with Crippen LogP contribution in [-0.2, 0) is 11.2 Å². The highest BCUT2D eigenvalue weighted by Gasteiger charge is 2.11. The van der Waals surface area contributed by atoms with Gasteiger partial charge in [-0.15, -0.1) is 22.7 Å². The van der Waals surface area contributed by atoms with Gasteiger partial charge >= 0.3 is 5.97 Å². The molecule has 106 valence electrons. The van der Waals surface area contributed by atoms with Gasteiger partial charge in [0.15, 0.2) is 0 Å². The first-order valence-corrected chi connectivity index (χ1v) is 7.70. The van der Waals surface area contributed by atoms with Crippen LogP contribution >= 0.6 is 22.7 Å². The van der Waals surface area contributed by atoms with Crippen LogP contribution in [0, 0.1) is 5.82 Å². The molecule has 21 heavy (non-hydrogen) atoms. The Morgan fingerprint density at radius 1 is 1.24 bits per heavy atom. The van der Waals surface area contributed by atoms with Gasteiger partial charge in [-0.1, -0.05) is 0 Å². The number of thiophene rings is 1. The molecule has 0 spiro atoms. The van der Waals surface area contributed by atoms with Gasteiger partial charge in [0, 0.05) is 10.3 Å². The number of hydrogen-bond acceptors (Lipinski definition) is 5. The van der Waals surface area contributed by atoms with Gasteiger partial charge in [0.05, 0.1) is 28.9 Å². The summed E-state index contributed by atoms with van der Waals surface area (Å²) in [5, 5.41) is 11.4. The highest BCUT2D eigenvalue weighted by atomic mass is 32.1. The van der Waals surface area contributed by atoms with Crippen molar-refractivity contribution in [2.75, 3.05) is 0 Å². The molecule has 3 aromatic heterocycles. The summed E-state index contributed by atoms with van der Waals surface area (Å²) < 4.78 is 12.9. The lowest BCUT2D eigenvalue weighted by atomic mass is 10.3. The van der Waals surface area contributed by atoms with Gasteiger partial charge in [-0.05, 0) is 24.3 Å². The Morgan fingerprint density at radius 3 is 2.81 bits per heavy atom. The summed E-state index contributed by atoms with van der Waals surface area (Å²) in [5.74, 6) is -1.23. The second-order valence-corrected chi connectivity index (χ2v) is 6.26. The molecule has 0 atom stereocenters. The summed E-state index contributed by atoms with van der Waals surface area (Å²) in [7, 11) is 0. The van der Waals surface area contributed by atoms with Crippen molar-refractivity contribution in [3.05, 3.63) is 46.5 Å². The fourth-order valence-corrected chi connectivity index (χ4v) is 3.60. The Labute approximate surface area is 127 Å². The lowest BCUT2D eigenvalue weighted by Gasteiger charge is -1.94. The van der Waals surface area contributed by atoms with Gasteiger partial charge < -0.3 is 5.11 Å². The van der Waals surface area contributed by atoms with E-state index in [2.05, 4.69) is 9.97 Å². The predicted molar refractivity (Wildman–Crippen MR) is 80.0 cm³/mol. The summed E-state index contributed by atoms with van der Waals surface area (Å²) in [4.78, 5) is 20.9. The van der Waals surface area contributed by atoms with E-state index in [4.69, 9.17) is 5.11 Å². The van der Waals surface area contributed by atoms with Crippen LogP contribution in [0.4, 0.5) is 4.39 Å². The molecular weight excluding hydrogens is 311 g/mol. The molecular formula is C14H9FN2O2S2. The zero-order valence-corrected chi connectivity index (χ0v) is 12.2. The van der Waals surface area contributed by atoms with Crippen LogP contribution in [0.15, 0.2) is 35.8 Å². The number of thiazole rings is 1. The summed E-state index contributed by atoms with van der Waals surface area (Å²) in [6.45, 7) is 0. The average molecular weight is 320 g/mol. The van der Waals surface area contributed by atoms with Gasteiger partial charge in [0.2, 0.25) is 0 Å². The van der Waals surface area contributed by atoms with Crippen molar-refractivity contribution in [3.63, 3.8) is 0 Å². The third-order valence-corrected chi connectivity index (χ3v) is 4.66. The number of aliphatic carboxylic acids is 1. The molecule has 3 aromatic rings. The summed E-state index contributed by atoms with van der Waals surface area (Å²) in [5.41, 5.74) is 1.40. The molecule has 0 fully saturated rings. The topological polar surface area (TPSA) is 63.1 Å². The van der Waals surface area contributed by atoms with Crippen molar-refractivity contribution < 1.29 is 14.3 Å². The summed E-state index contributed by atoms with van der Waals surface area (Å²) in [6, 6.07) is 6.59. The molecule has 0 radical (unpaired) electrons. The van der Waals surface area contributed by atoms with Gasteiger partial charge in [-0.3, -0.25) is 9.78 Å². The Morgan fingerprint density at radius 2 is 2.10 bits per heavy atom. The third-order valence-electron chi connectivity index (χ3n) is 2.69. The molecule has 0 amide bonds. The Kier molecular flexibility index (Phi) is 3.76. The molecule has 0 saturated heterocycles. The molecule has 7 heteroatoms. The van der Waals surface area contributed by atoms with E-state index < -0.39 is 5.97 Å². The Balaban J connectivity index is 1.86. The molecule has 0 aromatic carbocycles. The van der Waals surface area contributed by atoms with Crippen molar-refractivity contribution in [1.82, 2.24) is 9.97 Å². The van der Waals surface area contributed by atoms with E-state index in [0.717, 1.165) is 21.6 Å². The normalized spacial score (nSPS) is 10.7. The van der Waals surface area contributed by atoms with E-state index in [1.807, 2.05) is 11.4 Å². The third kappa shape index (κ3) is 3.14. The first-order valence-electron chi connectivity index (χ1n) is 6.00. The summed E-state index contributed by atoms with van der Waals surface area (Å²) in [6.07, 6.45) is 1.17. The second-order valence-electron chi connectivity index (χ2n) is 4.24. The van der Waals surface area contributed by atoms with E-state index in [1.54, 1.807) is 12.1 Å². The SMILES string of the molecule is O=C(O)Cc1ccc(-c2csc(-c3ccc(F)cn3)n2)s1. The quantitative estimate of drug-likeness (QED) is 0.796. The minimum absolute atomic E-state index is 0.0151. The molecule has 1 N–H and O–H groups in total. The number of rotatable bonds is 4. The van der Waals surface area contributed by atoms with E-state index in [-0.39, 0.29) is 12.2 Å². The van der Waals surface area contributed by atoms with Crippen LogP contribution in [0.1, 0.15) is 4.88 Å². The molecule has 0 aliphatic heterocycles. The molecule has 0 unspecified atom stereocenters. The van der Waals surface area contributed by atoms with E-state index >= 15 is 0 Å². The predicted octanol–water partition coefficient (Wildman–Crippen LogP) is 3.70. The lowest BCUT2D eigenvalue weighted by molar-refractivity contribution is -0.136. The number of carboxylic acid groups (broad SMARTS) is 1. The number of hydrogen-bond donors (Lipinski definition) is 1. The van der Waals surface area contributed by atoms with E-state index in [9.17, 15) is 9.18 Å². The molecule has 0 aliphatic rings. The fourth-order valence-electron chi connectivity index (χ4n) is 1.77. The number of aromatic nitrogens is 2. The maximum Gasteiger partial charge on any atom is 0.308 e. The Bertz CT molecular complexity index is 780. The number of nitrogens with zero attached hydrogens (tertiary/aromatic N) is 2. The molecule has 0 saturated carbocycles. The van der Waals surface area contributed by atoms with Crippen LogP contribution in [0.2, 0.25) is 0 Å². The zero-order valence-electron chi connectivity index (χ0n) is 10.6. The Hall–Kier alpha value is -2.12. The minimum atomic E-state index is -0.849. The van der Waals surface area contributed by atoms with Crippen LogP contribution < -0.4 is 0 Å².